The largest absolute Gasteiger partial charge is 0.733 e. The zero-order valence-electron chi connectivity index (χ0n) is 17.2. The number of allylic oxidation sites excluding steroid dienone is 1. The fraction of sp³-hybridized carbons (Fsp3) is 0.429. The third kappa shape index (κ3) is 4.77. The number of aromatic nitrogens is 2. The first-order chi connectivity index (χ1) is 13.8. The molecule has 0 saturated heterocycles. The van der Waals surface area contributed by atoms with E-state index in [-0.39, 0.29) is 22.9 Å². The van der Waals surface area contributed by atoms with Crippen LogP contribution in [0.5, 0.6) is 0 Å². The van der Waals surface area contributed by atoms with Gasteiger partial charge in [-0.15, -0.1) is 0 Å². The summed E-state index contributed by atoms with van der Waals surface area (Å²) in [6.07, 6.45) is 5.21. The van der Waals surface area contributed by atoms with Gasteiger partial charge in [0.25, 0.3) is 0 Å². The summed E-state index contributed by atoms with van der Waals surface area (Å²) in [5.41, 5.74) is 3.70. The molecule has 3 rings (SSSR count). The molecule has 2 atom stereocenters. The van der Waals surface area contributed by atoms with Gasteiger partial charge in [-0.05, 0) is 50.5 Å². The second-order valence-electron chi connectivity index (χ2n) is 7.84. The molecule has 0 unspecified atom stereocenters. The minimum atomic E-state index is -0.119. The highest BCUT2D eigenvalue weighted by atomic mass is 32.1. The van der Waals surface area contributed by atoms with E-state index in [1.807, 2.05) is 19.9 Å². The van der Waals surface area contributed by atoms with Crippen molar-refractivity contribution >= 4 is 23.0 Å². The molecule has 8 heteroatoms. The highest BCUT2D eigenvalue weighted by Crippen LogP contribution is 2.35. The third-order valence-electron chi connectivity index (χ3n) is 5.11. The van der Waals surface area contributed by atoms with Crippen LogP contribution in [-0.2, 0) is 0 Å². The Labute approximate surface area is 176 Å². The maximum absolute atomic E-state index is 11.5. The maximum Gasteiger partial charge on any atom is 0.166 e. The molecule has 0 fully saturated rings. The molecule has 1 heterocycles. The van der Waals surface area contributed by atoms with Crippen LogP contribution in [0.1, 0.15) is 43.1 Å². The molecule has 0 spiro atoms. The molecular formula is C21H28N5O2S-. The quantitative estimate of drug-likeness (QED) is 0.377. The van der Waals surface area contributed by atoms with Gasteiger partial charge < -0.3 is 21.1 Å². The molecule has 1 aliphatic carbocycles. The number of hydrogen-bond donors (Lipinski definition) is 3. The Hall–Kier alpha value is -2.42. The number of benzene rings is 1. The number of nitrogens with one attached hydrogen (secondary N) is 2. The smallest absolute Gasteiger partial charge is 0.166 e. The second kappa shape index (κ2) is 8.94. The van der Waals surface area contributed by atoms with Crippen LogP contribution in [-0.4, -0.2) is 32.7 Å². The van der Waals surface area contributed by atoms with Gasteiger partial charge in [-0.25, -0.2) is 4.68 Å². The predicted molar refractivity (Wildman–Crippen MR) is 120 cm³/mol. The Kier molecular flexibility index (Phi) is 6.56. The number of rotatable bonds is 6. The molecular weight excluding hydrogens is 386 g/mol. The average Bonchev–Trinajstić information content (AvgIpc) is 3.23. The van der Waals surface area contributed by atoms with E-state index in [4.69, 9.17) is 12.2 Å². The number of hydrogen-bond acceptors (Lipinski definition) is 5. The summed E-state index contributed by atoms with van der Waals surface area (Å²) in [4.78, 5) is 0. The van der Waals surface area contributed by atoms with Crippen molar-refractivity contribution in [1.29, 1.82) is 0 Å². The Balaban J connectivity index is 1.77. The summed E-state index contributed by atoms with van der Waals surface area (Å²) in [7, 11) is 0. The van der Waals surface area contributed by atoms with Gasteiger partial charge in [-0.1, -0.05) is 38.1 Å². The van der Waals surface area contributed by atoms with Crippen LogP contribution in [0.2, 0.25) is 0 Å². The van der Waals surface area contributed by atoms with E-state index in [1.54, 1.807) is 22.9 Å². The Morgan fingerprint density at radius 2 is 2.07 bits per heavy atom. The number of aryl methyl sites for hydroxylation is 1. The van der Waals surface area contributed by atoms with Gasteiger partial charge in [-0.3, -0.25) is 5.21 Å². The predicted octanol–water partition coefficient (Wildman–Crippen LogP) is 3.71. The first kappa shape index (κ1) is 21.3. The number of thiocarbonyl (C=S) groups is 1. The third-order valence-corrected chi connectivity index (χ3v) is 5.37. The van der Waals surface area contributed by atoms with Crippen LogP contribution < -0.4 is 15.9 Å². The zero-order valence-corrected chi connectivity index (χ0v) is 18.0. The lowest BCUT2D eigenvalue weighted by molar-refractivity contribution is 0.296. The molecule has 29 heavy (non-hydrogen) atoms. The van der Waals surface area contributed by atoms with Gasteiger partial charge in [0.1, 0.15) is 0 Å². The molecule has 1 aromatic carbocycles. The highest BCUT2D eigenvalue weighted by molar-refractivity contribution is 7.80. The van der Waals surface area contributed by atoms with Crippen molar-refractivity contribution in [2.75, 3.05) is 11.8 Å². The molecule has 0 bridgehead atoms. The van der Waals surface area contributed by atoms with E-state index in [0.717, 1.165) is 29.9 Å². The lowest BCUT2D eigenvalue weighted by atomic mass is 9.96. The highest BCUT2D eigenvalue weighted by Gasteiger charge is 2.27. The SMILES string of the molecule is Cc1nn(-c2ccccc2N([O-])O)c(C)c1[C@@H]1C=C[C@@H](NC(=S)NCC(C)C)C1. The summed E-state index contributed by atoms with van der Waals surface area (Å²) in [5, 5.41) is 32.8. The zero-order chi connectivity index (χ0) is 21.1. The van der Waals surface area contributed by atoms with Crippen molar-refractivity contribution in [3.8, 4) is 5.69 Å². The Morgan fingerprint density at radius 3 is 2.76 bits per heavy atom. The summed E-state index contributed by atoms with van der Waals surface area (Å²) in [6, 6.07) is 7.03. The van der Waals surface area contributed by atoms with Crippen LogP contribution in [0.25, 0.3) is 5.69 Å². The minimum absolute atomic E-state index is 0.119. The van der Waals surface area contributed by atoms with Gasteiger partial charge in [0, 0.05) is 29.8 Å². The van der Waals surface area contributed by atoms with E-state index in [2.05, 4.69) is 41.7 Å². The van der Waals surface area contributed by atoms with Gasteiger partial charge in [-0.2, -0.15) is 5.10 Å². The first-order valence-corrected chi connectivity index (χ1v) is 10.2. The van der Waals surface area contributed by atoms with Crippen LogP contribution in [0.15, 0.2) is 36.4 Å². The van der Waals surface area contributed by atoms with E-state index >= 15 is 0 Å². The number of nitrogens with zero attached hydrogens (tertiary/aromatic N) is 3. The van der Waals surface area contributed by atoms with Gasteiger partial charge in [0.2, 0.25) is 0 Å². The van der Waals surface area contributed by atoms with Gasteiger partial charge in [0.15, 0.2) is 5.11 Å². The number of anilines is 1. The molecule has 156 valence electrons. The number of para-hydroxylation sites is 2. The fourth-order valence-electron chi connectivity index (χ4n) is 3.77. The molecule has 0 radical (unpaired) electrons. The molecule has 7 nitrogen and oxygen atoms in total. The first-order valence-electron chi connectivity index (χ1n) is 9.82. The van der Waals surface area contributed by atoms with Crippen LogP contribution >= 0.6 is 12.2 Å². The van der Waals surface area contributed by atoms with Gasteiger partial charge >= 0.3 is 0 Å². The Bertz CT molecular complexity index is 906. The summed E-state index contributed by atoms with van der Waals surface area (Å²) < 4.78 is 1.73. The topological polar surface area (TPSA) is 88.4 Å². The van der Waals surface area contributed by atoms with E-state index in [9.17, 15) is 10.4 Å². The van der Waals surface area contributed by atoms with E-state index < -0.39 is 0 Å². The summed E-state index contributed by atoms with van der Waals surface area (Å²) in [5.74, 6) is 0.739. The standard InChI is InChI=1S/C21H28N5O2S/c1-13(2)12-22-21(29)23-17-10-9-16(11-17)20-14(3)24-25(15(20)4)18-7-5-6-8-19(18)26(27)28/h5-10,13,16-17,27H,11-12H2,1-4H3,(H2,22,23,29)/q-1/t16-,17-/m1/s1. The average molecular weight is 415 g/mol. The van der Waals surface area contributed by atoms with Crippen molar-refractivity contribution < 1.29 is 5.21 Å². The van der Waals surface area contributed by atoms with Gasteiger partial charge in [0.05, 0.1) is 17.1 Å². The normalized spacial score (nSPS) is 18.3. The van der Waals surface area contributed by atoms with Crippen LogP contribution in [0.3, 0.4) is 0 Å². The van der Waals surface area contributed by atoms with E-state index in [0.29, 0.717) is 16.7 Å². The van der Waals surface area contributed by atoms with Crippen molar-refractivity contribution in [2.24, 2.45) is 5.92 Å². The molecule has 0 aliphatic heterocycles. The molecule has 1 aromatic heterocycles. The summed E-state index contributed by atoms with van der Waals surface area (Å²) in [6.45, 7) is 9.09. The van der Waals surface area contributed by atoms with Crippen molar-refractivity contribution in [2.45, 2.75) is 46.1 Å². The molecule has 3 N–H and O–H groups in total. The van der Waals surface area contributed by atoms with Crippen LogP contribution in [0, 0.1) is 25.0 Å². The van der Waals surface area contributed by atoms with E-state index in [1.165, 1.54) is 0 Å². The lowest BCUT2D eigenvalue weighted by Crippen LogP contribution is -2.41. The second-order valence-corrected chi connectivity index (χ2v) is 8.25. The van der Waals surface area contributed by atoms with Crippen molar-refractivity contribution in [3.63, 3.8) is 0 Å². The lowest BCUT2D eigenvalue weighted by Gasteiger charge is -2.24. The molecule has 0 saturated carbocycles. The maximum atomic E-state index is 11.5. The molecule has 1 aliphatic rings. The summed E-state index contributed by atoms with van der Waals surface area (Å²) >= 11 is 5.39. The Morgan fingerprint density at radius 1 is 1.34 bits per heavy atom. The van der Waals surface area contributed by atoms with Crippen LogP contribution in [0.4, 0.5) is 5.69 Å². The minimum Gasteiger partial charge on any atom is -0.733 e. The monoisotopic (exact) mass is 414 g/mol. The van der Waals surface area contributed by atoms with Crippen molar-refractivity contribution in [1.82, 2.24) is 20.4 Å². The fourth-order valence-corrected chi connectivity index (χ4v) is 4.00. The molecule has 0 amide bonds. The molecule has 2 aromatic rings. The van der Waals surface area contributed by atoms with Crippen molar-refractivity contribution in [3.05, 3.63) is 58.6 Å².